The number of hydrogen-bond acceptors (Lipinski definition) is 7. The molecule has 0 bridgehead atoms. The van der Waals surface area contributed by atoms with Crippen molar-refractivity contribution in [2.24, 2.45) is 0 Å². The highest BCUT2D eigenvalue weighted by molar-refractivity contribution is 6.18. The number of pyridine rings is 2. The number of nitrogens with zero attached hydrogens (tertiary/aromatic N) is 7. The predicted molar refractivity (Wildman–Crippen MR) is 464 cm³/mol. The van der Waals surface area contributed by atoms with Gasteiger partial charge in [-0.2, -0.15) is 0 Å². The van der Waals surface area contributed by atoms with Gasteiger partial charge in [-0.3, -0.25) is 0 Å². The van der Waals surface area contributed by atoms with Crippen molar-refractivity contribution in [2.45, 2.75) is 0 Å². The van der Waals surface area contributed by atoms with Crippen LogP contribution in [0.25, 0.3) is 201 Å². The zero-order valence-corrected chi connectivity index (χ0v) is 61.0. The first kappa shape index (κ1) is 67.5. The molecule has 0 atom stereocenters. The van der Waals surface area contributed by atoms with Gasteiger partial charge in [0, 0.05) is 76.8 Å². The zero-order chi connectivity index (χ0) is 74.5. The van der Waals surface area contributed by atoms with Crippen molar-refractivity contribution < 1.29 is 0 Å². The van der Waals surface area contributed by atoms with Crippen LogP contribution < -0.4 is 0 Å². The number of fused-ring (bicyclic) bond motifs is 6. The molecule has 16 aromatic carbocycles. The quantitative estimate of drug-likeness (QED) is 0.100. The lowest BCUT2D eigenvalue weighted by Gasteiger charge is -2.15. The van der Waals surface area contributed by atoms with Crippen LogP contribution in [0.4, 0.5) is 0 Å². The smallest absolute Gasteiger partial charge is 0.164 e. The van der Waals surface area contributed by atoms with Gasteiger partial charge in [-0.15, -0.1) is 0 Å². The Morgan fingerprint density at radius 3 is 0.696 bits per heavy atom. The Kier molecular flexibility index (Phi) is 18.3. The first-order valence-electron chi connectivity index (χ1n) is 37.7. The fourth-order valence-corrected chi connectivity index (χ4v) is 15.2. The molecule has 0 aliphatic heterocycles. The molecule has 0 aliphatic rings. The minimum atomic E-state index is 0.642. The summed E-state index contributed by atoms with van der Waals surface area (Å²) in [5.74, 6) is 2.66. The maximum atomic E-state index is 5.23. The molecule has 4 heterocycles. The van der Waals surface area contributed by atoms with E-state index in [1.165, 1.54) is 49.7 Å². The van der Waals surface area contributed by atoms with Crippen LogP contribution in [-0.2, 0) is 0 Å². The number of aromatic nitrogens is 7. The van der Waals surface area contributed by atoms with Crippen LogP contribution in [0.1, 0.15) is 0 Å². The number of benzene rings is 16. The Morgan fingerprint density at radius 1 is 0.134 bits per heavy atom. The van der Waals surface area contributed by atoms with Crippen LogP contribution in [0, 0.1) is 0 Å². The van der Waals surface area contributed by atoms with E-state index in [4.69, 9.17) is 34.9 Å². The average molecular weight is 1430 g/mol. The summed E-state index contributed by atoms with van der Waals surface area (Å²) in [5.41, 5.74) is 27.9. The standard InChI is InChI=1S/C53H35N3.C52H34N4/c1-4-13-36(14-5-1)37-27-33-43(34-28-37)52-47-21-12-20-45(51(47)46-19-10-11-22-48(46)54-52)40-29-23-38(24-30-40)39-25-31-42(32-26-39)50-35-49(41-15-6-2-7-16-41)55-53(56-50)44-17-8-3-9-18-44;1-4-13-35(14-5-1)36-25-31-40(32-26-36)49-46-21-12-20-44(48(46)45-19-10-11-22-47(45)53-49)39-29-23-37(24-30-39)38-27-33-43(34-28-38)52-55-50(41-15-6-2-7-16-41)54-51(56-52)42-17-8-3-9-18-42/h1-35H;1-34H. The molecule has 0 spiro atoms. The Balaban J connectivity index is 0.000000151. The molecule has 0 aliphatic carbocycles. The van der Waals surface area contributed by atoms with E-state index in [9.17, 15) is 0 Å². The summed E-state index contributed by atoms with van der Waals surface area (Å²) < 4.78 is 0. The maximum Gasteiger partial charge on any atom is 0.164 e. The minimum absolute atomic E-state index is 0.642. The number of para-hydroxylation sites is 2. The molecule has 0 fully saturated rings. The van der Waals surface area contributed by atoms with Gasteiger partial charge in [0.25, 0.3) is 0 Å². The van der Waals surface area contributed by atoms with E-state index in [1.807, 2.05) is 103 Å². The van der Waals surface area contributed by atoms with E-state index in [1.54, 1.807) is 0 Å². The van der Waals surface area contributed by atoms with Gasteiger partial charge in [-0.05, 0) is 85.0 Å². The van der Waals surface area contributed by atoms with Gasteiger partial charge in [0.1, 0.15) is 0 Å². The van der Waals surface area contributed by atoms with Crippen molar-refractivity contribution >= 4 is 43.4 Å². The first-order valence-corrected chi connectivity index (χ1v) is 37.7. The lowest BCUT2D eigenvalue weighted by Crippen LogP contribution is -2.00. The third-order valence-electron chi connectivity index (χ3n) is 20.9. The van der Waals surface area contributed by atoms with Crippen LogP contribution >= 0.6 is 0 Å². The Morgan fingerprint density at radius 2 is 0.357 bits per heavy atom. The average Bonchev–Trinajstić information content (AvgIpc) is 0.749. The van der Waals surface area contributed by atoms with Crippen LogP contribution in [0.3, 0.4) is 0 Å². The molecule has 7 heteroatoms. The summed E-state index contributed by atoms with van der Waals surface area (Å²) in [5, 5.41) is 7.00. The van der Waals surface area contributed by atoms with Crippen LogP contribution in [0.15, 0.2) is 419 Å². The molecule has 0 N–H and O–H groups in total. The molecule has 0 unspecified atom stereocenters. The van der Waals surface area contributed by atoms with Gasteiger partial charge >= 0.3 is 0 Å². The molecular formula is C105H69N7. The summed E-state index contributed by atoms with van der Waals surface area (Å²) in [6.07, 6.45) is 0. The van der Waals surface area contributed by atoms with Crippen molar-refractivity contribution in [3.05, 3.63) is 419 Å². The highest BCUT2D eigenvalue weighted by atomic mass is 15.0. The predicted octanol–water partition coefficient (Wildman–Crippen LogP) is 27.1. The Hall–Kier alpha value is -15.1. The largest absolute Gasteiger partial charge is 0.247 e. The molecule has 524 valence electrons. The molecule has 7 nitrogen and oxygen atoms in total. The molecule has 20 aromatic rings. The second kappa shape index (κ2) is 30.3. The molecule has 20 rings (SSSR count). The van der Waals surface area contributed by atoms with Crippen molar-refractivity contribution in [3.63, 3.8) is 0 Å². The third-order valence-corrected chi connectivity index (χ3v) is 20.9. The third kappa shape index (κ3) is 13.7. The minimum Gasteiger partial charge on any atom is -0.247 e. The molecule has 0 radical (unpaired) electrons. The van der Waals surface area contributed by atoms with Gasteiger partial charge in [0.2, 0.25) is 0 Å². The Bertz CT molecular complexity index is 6220. The lowest BCUT2D eigenvalue weighted by molar-refractivity contribution is 1.07. The first-order chi connectivity index (χ1) is 55.5. The number of hydrogen-bond donors (Lipinski definition) is 0. The van der Waals surface area contributed by atoms with E-state index >= 15 is 0 Å². The fourth-order valence-electron chi connectivity index (χ4n) is 15.2. The van der Waals surface area contributed by atoms with Crippen LogP contribution in [-0.4, -0.2) is 34.9 Å². The monoisotopic (exact) mass is 1430 g/mol. The second-order valence-electron chi connectivity index (χ2n) is 27.8. The topological polar surface area (TPSA) is 90.2 Å². The summed E-state index contributed by atoms with van der Waals surface area (Å²) in [6.45, 7) is 0. The molecular weight excluding hydrogens is 1360 g/mol. The van der Waals surface area contributed by atoms with Gasteiger partial charge in [0.15, 0.2) is 23.3 Å². The van der Waals surface area contributed by atoms with Crippen LogP contribution in [0.2, 0.25) is 0 Å². The highest BCUT2D eigenvalue weighted by Crippen LogP contribution is 2.43. The molecule has 0 amide bonds. The number of rotatable bonds is 14. The summed E-state index contributed by atoms with van der Waals surface area (Å²) in [4.78, 5) is 35.1. The Labute approximate surface area is 650 Å². The molecule has 4 aromatic heterocycles. The van der Waals surface area contributed by atoms with Crippen molar-refractivity contribution in [3.8, 4) is 157 Å². The summed E-state index contributed by atoms with van der Waals surface area (Å²) in [6, 6.07) is 146. The van der Waals surface area contributed by atoms with Gasteiger partial charge in [0.05, 0.1) is 33.8 Å². The highest BCUT2D eigenvalue weighted by Gasteiger charge is 2.20. The van der Waals surface area contributed by atoms with Gasteiger partial charge in [-0.1, -0.05) is 400 Å². The fraction of sp³-hybridized carbons (Fsp3) is 0. The van der Waals surface area contributed by atoms with Crippen molar-refractivity contribution in [2.75, 3.05) is 0 Å². The molecule has 0 saturated carbocycles. The van der Waals surface area contributed by atoms with Gasteiger partial charge in [-0.25, -0.2) is 34.9 Å². The van der Waals surface area contributed by atoms with Crippen LogP contribution in [0.5, 0.6) is 0 Å². The summed E-state index contributed by atoms with van der Waals surface area (Å²) >= 11 is 0. The zero-order valence-electron chi connectivity index (χ0n) is 61.0. The van der Waals surface area contributed by atoms with E-state index in [-0.39, 0.29) is 0 Å². The maximum absolute atomic E-state index is 5.23. The summed E-state index contributed by atoms with van der Waals surface area (Å²) in [7, 11) is 0. The normalized spacial score (nSPS) is 11.2. The van der Waals surface area contributed by atoms with E-state index in [0.29, 0.717) is 23.3 Å². The van der Waals surface area contributed by atoms with Gasteiger partial charge < -0.3 is 0 Å². The second-order valence-corrected chi connectivity index (χ2v) is 27.8. The van der Waals surface area contributed by atoms with Crippen molar-refractivity contribution in [1.82, 2.24) is 34.9 Å². The SMILES string of the molecule is c1ccc(-c2ccc(-c3nc4ccccc4c4c(-c5ccc(-c6ccc(-c7cc(-c8ccccc8)nc(-c8ccccc8)n7)cc6)cc5)cccc34)cc2)cc1.c1ccc(-c2ccc(-c3nc4ccccc4c4c(-c5ccc(-c6ccc(-c7nc(-c8ccccc8)nc(-c8ccccc8)n7)cc6)cc5)cccc34)cc2)cc1. The molecule has 112 heavy (non-hydrogen) atoms. The van der Waals surface area contributed by atoms with E-state index < -0.39 is 0 Å². The van der Waals surface area contributed by atoms with E-state index in [2.05, 4.69) is 315 Å². The molecule has 0 saturated heterocycles. The van der Waals surface area contributed by atoms with Crippen molar-refractivity contribution in [1.29, 1.82) is 0 Å². The lowest BCUT2D eigenvalue weighted by atomic mass is 9.91. The van der Waals surface area contributed by atoms with E-state index in [0.717, 1.165) is 128 Å².